The van der Waals surface area contributed by atoms with E-state index in [4.69, 9.17) is 4.42 Å². The Morgan fingerprint density at radius 3 is 2.67 bits per heavy atom. The summed E-state index contributed by atoms with van der Waals surface area (Å²) in [5.74, 6) is 0.629. The Hall–Kier alpha value is -0.370. The molecule has 1 fully saturated rings. The van der Waals surface area contributed by atoms with Crippen LogP contribution in [-0.2, 0) is 16.6 Å². The third kappa shape index (κ3) is 4.81. The summed E-state index contributed by atoms with van der Waals surface area (Å²) in [6, 6.07) is 2.14. The molecule has 1 aromatic rings. The molecule has 1 aliphatic carbocycles. The number of hydrogen-bond donors (Lipinski definition) is 2. The van der Waals surface area contributed by atoms with Crippen LogP contribution < -0.4 is 10.0 Å². The van der Waals surface area contributed by atoms with Crippen LogP contribution in [0.1, 0.15) is 45.8 Å². The largest absolute Gasteiger partial charge is 0.452 e. The highest BCUT2D eigenvalue weighted by molar-refractivity contribution is 9.10. The molecule has 1 aromatic heterocycles. The molecule has 0 bridgehead atoms. The molecule has 5 nitrogen and oxygen atoms in total. The van der Waals surface area contributed by atoms with Crippen LogP contribution >= 0.6 is 15.9 Å². The van der Waals surface area contributed by atoms with Crippen LogP contribution in [0, 0.1) is 5.41 Å². The first-order valence-electron chi connectivity index (χ1n) is 7.25. The molecule has 120 valence electrons. The highest BCUT2D eigenvalue weighted by Crippen LogP contribution is 2.28. The minimum Gasteiger partial charge on any atom is -0.452 e. The summed E-state index contributed by atoms with van der Waals surface area (Å²) >= 11 is 3.20. The van der Waals surface area contributed by atoms with Gasteiger partial charge in [0, 0.05) is 18.7 Å². The summed E-state index contributed by atoms with van der Waals surface area (Å²) in [4.78, 5) is 0.169. The van der Waals surface area contributed by atoms with Crippen molar-refractivity contribution in [1.29, 1.82) is 0 Å². The molecule has 1 saturated carbocycles. The second kappa shape index (κ2) is 6.40. The third-order valence-electron chi connectivity index (χ3n) is 3.84. The van der Waals surface area contributed by atoms with Gasteiger partial charge in [0.05, 0.1) is 6.54 Å². The van der Waals surface area contributed by atoms with Crippen molar-refractivity contribution in [3.63, 3.8) is 0 Å². The van der Waals surface area contributed by atoms with Gasteiger partial charge in [-0.2, -0.15) is 0 Å². The number of halogens is 1. The van der Waals surface area contributed by atoms with Crippen molar-refractivity contribution < 1.29 is 12.8 Å². The summed E-state index contributed by atoms with van der Waals surface area (Å²) in [6.45, 7) is 7.07. The minimum atomic E-state index is -3.55. The summed E-state index contributed by atoms with van der Waals surface area (Å²) in [5, 5.41) is 3.30. The van der Waals surface area contributed by atoms with Crippen LogP contribution in [0.4, 0.5) is 0 Å². The van der Waals surface area contributed by atoms with E-state index in [0.717, 1.165) is 6.42 Å². The third-order valence-corrected chi connectivity index (χ3v) is 6.09. The molecular formula is C14H23BrN2O3S. The van der Waals surface area contributed by atoms with E-state index in [1.807, 2.05) is 20.8 Å². The van der Waals surface area contributed by atoms with Crippen LogP contribution in [0.5, 0.6) is 0 Å². The van der Waals surface area contributed by atoms with E-state index in [2.05, 4.69) is 26.0 Å². The number of nitrogens with one attached hydrogen (secondary N) is 2. The van der Waals surface area contributed by atoms with Gasteiger partial charge in [-0.05, 0) is 40.6 Å². The Balaban J connectivity index is 2.04. The first kappa shape index (κ1) is 17.0. The van der Waals surface area contributed by atoms with Crippen molar-refractivity contribution in [1.82, 2.24) is 10.0 Å². The number of hydrogen-bond acceptors (Lipinski definition) is 4. The van der Waals surface area contributed by atoms with E-state index in [-0.39, 0.29) is 15.0 Å². The van der Waals surface area contributed by atoms with Crippen LogP contribution in [-0.4, -0.2) is 21.0 Å². The number of rotatable bonds is 8. The molecule has 1 aliphatic rings. The van der Waals surface area contributed by atoms with Gasteiger partial charge in [0.15, 0.2) is 4.67 Å². The first-order chi connectivity index (χ1) is 9.73. The zero-order valence-corrected chi connectivity index (χ0v) is 15.1. The molecule has 0 saturated heterocycles. The molecule has 0 atom stereocenters. The summed E-state index contributed by atoms with van der Waals surface area (Å²) in [6.07, 6.45) is 3.26. The van der Waals surface area contributed by atoms with Crippen molar-refractivity contribution in [2.75, 3.05) is 6.54 Å². The Bertz CT molecular complexity index is 591. The second-order valence-electron chi connectivity index (χ2n) is 6.35. The molecule has 2 rings (SSSR count). The lowest BCUT2D eigenvalue weighted by Crippen LogP contribution is -2.33. The molecule has 0 unspecified atom stereocenters. The van der Waals surface area contributed by atoms with Crippen molar-refractivity contribution in [3.8, 4) is 0 Å². The van der Waals surface area contributed by atoms with Crippen LogP contribution in [0.25, 0.3) is 0 Å². The van der Waals surface area contributed by atoms with E-state index in [9.17, 15) is 8.42 Å². The fraction of sp³-hybridized carbons (Fsp3) is 0.714. The highest BCUT2D eigenvalue weighted by Gasteiger charge is 2.26. The summed E-state index contributed by atoms with van der Waals surface area (Å²) < 4.78 is 33.1. The predicted molar refractivity (Wildman–Crippen MR) is 85.5 cm³/mol. The number of sulfonamides is 1. The monoisotopic (exact) mass is 378 g/mol. The van der Waals surface area contributed by atoms with Crippen molar-refractivity contribution >= 4 is 26.0 Å². The zero-order chi connectivity index (χ0) is 15.7. The van der Waals surface area contributed by atoms with Gasteiger partial charge in [0.2, 0.25) is 10.0 Å². The molecule has 1 heterocycles. The molecule has 21 heavy (non-hydrogen) atoms. The summed E-state index contributed by atoms with van der Waals surface area (Å²) in [7, 11) is -3.55. The SMILES string of the molecule is CCC(C)(C)CNS(=O)(=O)c1cc(CNC2CC2)oc1Br. The van der Waals surface area contributed by atoms with E-state index in [1.54, 1.807) is 6.07 Å². The fourth-order valence-electron chi connectivity index (χ4n) is 1.69. The average Bonchev–Trinajstić information content (AvgIpc) is 3.17. The van der Waals surface area contributed by atoms with Crippen LogP contribution in [0.3, 0.4) is 0 Å². The normalized spacial score (nSPS) is 16.4. The van der Waals surface area contributed by atoms with Gasteiger partial charge in [-0.3, -0.25) is 0 Å². The van der Waals surface area contributed by atoms with Gasteiger partial charge in [-0.25, -0.2) is 13.1 Å². The maximum Gasteiger partial charge on any atom is 0.244 e. The van der Waals surface area contributed by atoms with Crippen molar-refractivity contribution in [3.05, 3.63) is 16.5 Å². The van der Waals surface area contributed by atoms with E-state index in [1.165, 1.54) is 12.8 Å². The molecule has 0 aliphatic heterocycles. The molecule has 0 radical (unpaired) electrons. The maximum atomic E-state index is 12.4. The Labute approximate surface area is 135 Å². The fourth-order valence-corrected chi connectivity index (χ4v) is 3.93. The molecular weight excluding hydrogens is 356 g/mol. The van der Waals surface area contributed by atoms with Crippen molar-refractivity contribution in [2.45, 2.75) is 57.5 Å². The van der Waals surface area contributed by atoms with Gasteiger partial charge in [0.25, 0.3) is 0 Å². The van der Waals surface area contributed by atoms with Gasteiger partial charge in [-0.15, -0.1) is 0 Å². The van der Waals surface area contributed by atoms with Crippen LogP contribution in [0.2, 0.25) is 0 Å². The lowest BCUT2D eigenvalue weighted by atomic mass is 9.91. The topological polar surface area (TPSA) is 71.3 Å². The standard InChI is InChI=1S/C14H23BrN2O3S/c1-4-14(2,3)9-17-21(18,19)12-7-11(20-13(12)15)8-16-10-5-6-10/h7,10,16-17H,4-6,8-9H2,1-3H3. The Morgan fingerprint density at radius 1 is 1.43 bits per heavy atom. The number of furan rings is 1. The van der Waals surface area contributed by atoms with E-state index >= 15 is 0 Å². The molecule has 0 spiro atoms. The van der Waals surface area contributed by atoms with Gasteiger partial charge < -0.3 is 9.73 Å². The van der Waals surface area contributed by atoms with E-state index < -0.39 is 10.0 Å². The Kier molecular flexibility index (Phi) is 5.18. The van der Waals surface area contributed by atoms with Gasteiger partial charge in [-0.1, -0.05) is 20.8 Å². The zero-order valence-electron chi connectivity index (χ0n) is 12.7. The lowest BCUT2D eigenvalue weighted by Gasteiger charge is -2.22. The smallest absolute Gasteiger partial charge is 0.244 e. The quantitative estimate of drug-likeness (QED) is 0.729. The highest BCUT2D eigenvalue weighted by atomic mass is 79.9. The minimum absolute atomic E-state index is 0.0698. The predicted octanol–water partition coefficient (Wildman–Crippen LogP) is 3.01. The summed E-state index contributed by atoms with van der Waals surface area (Å²) in [5.41, 5.74) is -0.0698. The van der Waals surface area contributed by atoms with Gasteiger partial charge >= 0.3 is 0 Å². The van der Waals surface area contributed by atoms with Crippen molar-refractivity contribution in [2.24, 2.45) is 5.41 Å². The lowest BCUT2D eigenvalue weighted by molar-refractivity contribution is 0.350. The first-order valence-corrected chi connectivity index (χ1v) is 9.52. The second-order valence-corrected chi connectivity index (χ2v) is 8.80. The average molecular weight is 379 g/mol. The van der Waals surface area contributed by atoms with Gasteiger partial charge in [0.1, 0.15) is 10.7 Å². The molecule has 0 aromatic carbocycles. The van der Waals surface area contributed by atoms with E-state index in [0.29, 0.717) is 24.9 Å². The molecule has 2 N–H and O–H groups in total. The molecule has 7 heteroatoms. The van der Waals surface area contributed by atoms with Crippen LogP contribution in [0.15, 0.2) is 20.0 Å². The maximum absolute atomic E-state index is 12.4. The Morgan fingerprint density at radius 2 is 2.10 bits per heavy atom. The molecule has 0 amide bonds.